The van der Waals surface area contributed by atoms with E-state index in [-0.39, 0.29) is 11.8 Å². The summed E-state index contributed by atoms with van der Waals surface area (Å²) in [6, 6.07) is 9.27. The molecule has 1 heterocycles. The van der Waals surface area contributed by atoms with Crippen LogP contribution in [0.5, 0.6) is 0 Å². The van der Waals surface area contributed by atoms with E-state index in [0.29, 0.717) is 19.6 Å². The number of benzene rings is 1. The molecule has 5 heteroatoms. The van der Waals surface area contributed by atoms with Crippen molar-refractivity contribution in [2.45, 2.75) is 25.4 Å². The Morgan fingerprint density at radius 2 is 2.10 bits per heavy atom. The molecule has 2 amide bonds. The standard InChI is InChI=1S/C15H21N3O2/c16-14-13(7-4-8-17-15(14)20)10-18(11-19)9-12-5-2-1-3-6-12/h1-3,5-6,11,13-14H,4,7-10,16H2,(H,17,20)/t13-,14?/m0/s1. The Labute approximate surface area is 119 Å². The lowest BCUT2D eigenvalue weighted by atomic mass is 9.95. The van der Waals surface area contributed by atoms with Gasteiger partial charge >= 0.3 is 0 Å². The molecule has 1 aromatic carbocycles. The van der Waals surface area contributed by atoms with E-state index in [0.717, 1.165) is 24.8 Å². The number of carbonyl (C=O) groups excluding carboxylic acids is 2. The lowest BCUT2D eigenvalue weighted by Gasteiger charge is -2.26. The Kier molecular flexibility index (Phi) is 5.12. The first-order chi connectivity index (χ1) is 9.70. The second kappa shape index (κ2) is 7.05. The zero-order chi connectivity index (χ0) is 14.4. The van der Waals surface area contributed by atoms with Gasteiger partial charge < -0.3 is 16.0 Å². The highest BCUT2D eigenvalue weighted by molar-refractivity contribution is 5.82. The third kappa shape index (κ3) is 3.81. The summed E-state index contributed by atoms with van der Waals surface area (Å²) >= 11 is 0. The molecule has 1 unspecified atom stereocenters. The molecule has 20 heavy (non-hydrogen) atoms. The summed E-state index contributed by atoms with van der Waals surface area (Å²) < 4.78 is 0. The average molecular weight is 275 g/mol. The topological polar surface area (TPSA) is 75.4 Å². The first-order valence-corrected chi connectivity index (χ1v) is 6.97. The fourth-order valence-electron chi connectivity index (χ4n) is 2.56. The van der Waals surface area contributed by atoms with E-state index in [2.05, 4.69) is 5.32 Å². The van der Waals surface area contributed by atoms with Crippen LogP contribution in [0.1, 0.15) is 18.4 Å². The lowest BCUT2D eigenvalue weighted by Crippen LogP contribution is -2.46. The van der Waals surface area contributed by atoms with E-state index in [1.807, 2.05) is 30.3 Å². The average Bonchev–Trinajstić information content (AvgIpc) is 2.63. The van der Waals surface area contributed by atoms with Crippen molar-refractivity contribution in [3.63, 3.8) is 0 Å². The maximum absolute atomic E-state index is 11.7. The van der Waals surface area contributed by atoms with E-state index in [9.17, 15) is 9.59 Å². The number of nitrogens with one attached hydrogen (secondary N) is 1. The molecule has 1 saturated heterocycles. The Morgan fingerprint density at radius 1 is 1.35 bits per heavy atom. The van der Waals surface area contributed by atoms with Crippen LogP contribution in [0.15, 0.2) is 30.3 Å². The van der Waals surface area contributed by atoms with Crippen LogP contribution in [0, 0.1) is 5.92 Å². The van der Waals surface area contributed by atoms with Crippen LogP contribution < -0.4 is 11.1 Å². The van der Waals surface area contributed by atoms with E-state index in [1.165, 1.54) is 0 Å². The normalized spacial score (nSPS) is 22.8. The molecule has 0 saturated carbocycles. The van der Waals surface area contributed by atoms with Gasteiger partial charge in [0.25, 0.3) is 0 Å². The molecule has 0 bridgehead atoms. The molecule has 1 aromatic rings. The van der Waals surface area contributed by atoms with Crippen molar-refractivity contribution in [1.82, 2.24) is 10.2 Å². The number of carbonyl (C=O) groups is 2. The first kappa shape index (κ1) is 14.5. The fourth-order valence-corrected chi connectivity index (χ4v) is 2.56. The minimum absolute atomic E-state index is 0.0198. The molecular weight excluding hydrogens is 254 g/mol. The van der Waals surface area contributed by atoms with Gasteiger partial charge in [0.2, 0.25) is 12.3 Å². The van der Waals surface area contributed by atoms with Crippen LogP contribution >= 0.6 is 0 Å². The largest absolute Gasteiger partial charge is 0.355 e. The smallest absolute Gasteiger partial charge is 0.237 e. The van der Waals surface area contributed by atoms with Crippen LogP contribution in [0.4, 0.5) is 0 Å². The van der Waals surface area contributed by atoms with Gasteiger partial charge in [-0.15, -0.1) is 0 Å². The van der Waals surface area contributed by atoms with Gasteiger partial charge in [-0.3, -0.25) is 9.59 Å². The summed E-state index contributed by atoms with van der Waals surface area (Å²) in [5, 5.41) is 2.79. The van der Waals surface area contributed by atoms with Crippen molar-refractivity contribution in [2.24, 2.45) is 11.7 Å². The predicted octanol–water partition coefficient (Wildman–Crippen LogP) is 0.499. The molecule has 1 fully saturated rings. The summed E-state index contributed by atoms with van der Waals surface area (Å²) in [6.07, 6.45) is 2.60. The second-order valence-electron chi connectivity index (χ2n) is 5.24. The van der Waals surface area contributed by atoms with Crippen molar-refractivity contribution in [2.75, 3.05) is 13.1 Å². The maximum atomic E-state index is 11.7. The number of rotatable bonds is 5. The Hall–Kier alpha value is -1.88. The highest BCUT2D eigenvalue weighted by Crippen LogP contribution is 2.16. The highest BCUT2D eigenvalue weighted by Gasteiger charge is 2.28. The van der Waals surface area contributed by atoms with Gasteiger partial charge in [-0.25, -0.2) is 0 Å². The van der Waals surface area contributed by atoms with E-state index >= 15 is 0 Å². The van der Waals surface area contributed by atoms with Crippen LogP contribution in [-0.4, -0.2) is 36.3 Å². The Balaban J connectivity index is 1.98. The van der Waals surface area contributed by atoms with Crippen molar-refractivity contribution in [3.05, 3.63) is 35.9 Å². The molecule has 0 radical (unpaired) electrons. The zero-order valence-electron chi connectivity index (χ0n) is 11.5. The van der Waals surface area contributed by atoms with E-state index < -0.39 is 6.04 Å². The minimum atomic E-state index is -0.532. The summed E-state index contributed by atoms with van der Waals surface area (Å²) in [6.45, 7) is 1.74. The van der Waals surface area contributed by atoms with Crippen LogP contribution in [0.25, 0.3) is 0 Å². The monoisotopic (exact) mass is 275 g/mol. The van der Waals surface area contributed by atoms with Gasteiger partial charge in [0, 0.05) is 25.6 Å². The molecule has 5 nitrogen and oxygen atoms in total. The molecule has 1 aliphatic heterocycles. The van der Waals surface area contributed by atoms with Crippen molar-refractivity contribution in [3.8, 4) is 0 Å². The first-order valence-electron chi connectivity index (χ1n) is 6.97. The lowest BCUT2D eigenvalue weighted by molar-refractivity contribution is -0.124. The van der Waals surface area contributed by atoms with Crippen LogP contribution in [-0.2, 0) is 16.1 Å². The van der Waals surface area contributed by atoms with Gasteiger partial charge in [0.15, 0.2) is 0 Å². The molecule has 0 spiro atoms. The van der Waals surface area contributed by atoms with Crippen molar-refractivity contribution in [1.29, 1.82) is 0 Å². The Morgan fingerprint density at radius 3 is 2.80 bits per heavy atom. The molecule has 1 aliphatic rings. The second-order valence-corrected chi connectivity index (χ2v) is 5.24. The molecule has 108 valence electrons. The minimum Gasteiger partial charge on any atom is -0.355 e. The summed E-state index contributed by atoms with van der Waals surface area (Å²) in [5.74, 6) is -0.0931. The fraction of sp³-hybridized carbons (Fsp3) is 0.467. The summed E-state index contributed by atoms with van der Waals surface area (Å²) in [5.41, 5.74) is 7.04. The third-order valence-corrected chi connectivity index (χ3v) is 3.71. The van der Waals surface area contributed by atoms with Gasteiger partial charge in [-0.2, -0.15) is 0 Å². The van der Waals surface area contributed by atoms with E-state index in [1.54, 1.807) is 4.90 Å². The van der Waals surface area contributed by atoms with Gasteiger partial charge in [0.05, 0.1) is 6.04 Å². The number of hydrogen-bond acceptors (Lipinski definition) is 3. The van der Waals surface area contributed by atoms with Gasteiger partial charge in [-0.1, -0.05) is 30.3 Å². The van der Waals surface area contributed by atoms with Crippen LogP contribution in [0.3, 0.4) is 0 Å². The summed E-state index contributed by atoms with van der Waals surface area (Å²) in [7, 11) is 0. The zero-order valence-corrected chi connectivity index (χ0v) is 11.5. The number of nitrogens with two attached hydrogens (primary N) is 1. The number of hydrogen-bond donors (Lipinski definition) is 2. The van der Waals surface area contributed by atoms with Crippen LogP contribution in [0.2, 0.25) is 0 Å². The van der Waals surface area contributed by atoms with E-state index in [4.69, 9.17) is 5.73 Å². The van der Waals surface area contributed by atoms with Crippen molar-refractivity contribution >= 4 is 12.3 Å². The number of amides is 2. The molecular formula is C15H21N3O2. The molecule has 2 rings (SSSR count). The summed E-state index contributed by atoms with van der Waals surface area (Å²) in [4.78, 5) is 24.6. The van der Waals surface area contributed by atoms with Crippen molar-refractivity contribution < 1.29 is 9.59 Å². The quantitative estimate of drug-likeness (QED) is 0.768. The highest BCUT2D eigenvalue weighted by atomic mass is 16.2. The SMILES string of the molecule is NC1C(=O)NCCC[C@H]1CN(C=O)Cc1ccccc1. The molecule has 3 N–H and O–H groups in total. The third-order valence-electron chi connectivity index (χ3n) is 3.71. The maximum Gasteiger partial charge on any atom is 0.237 e. The molecule has 0 aliphatic carbocycles. The Bertz CT molecular complexity index is 450. The predicted molar refractivity (Wildman–Crippen MR) is 76.6 cm³/mol. The van der Waals surface area contributed by atoms with Gasteiger partial charge in [0.1, 0.15) is 0 Å². The number of nitrogens with zero attached hydrogens (tertiary/aromatic N) is 1. The van der Waals surface area contributed by atoms with Gasteiger partial charge in [-0.05, 0) is 18.4 Å². The molecule has 2 atom stereocenters. The molecule has 0 aromatic heterocycles.